The van der Waals surface area contributed by atoms with Crippen molar-refractivity contribution in [2.24, 2.45) is 0 Å². The zero-order valence-corrected chi connectivity index (χ0v) is 21.8. The molecule has 0 aliphatic heterocycles. The summed E-state index contributed by atoms with van der Waals surface area (Å²) in [7, 11) is 0. The molecule has 0 spiro atoms. The molecule has 0 heterocycles. The number of hydrogen-bond acceptors (Lipinski definition) is 6. The highest BCUT2D eigenvalue weighted by Crippen LogP contribution is 2.26. The van der Waals surface area contributed by atoms with Gasteiger partial charge in [-0.2, -0.15) is 0 Å². The van der Waals surface area contributed by atoms with Crippen molar-refractivity contribution in [3.05, 3.63) is 0 Å². The Kier molecular flexibility index (Phi) is 13.7. The largest absolute Gasteiger partial charge is 0.443 e. The van der Waals surface area contributed by atoms with Crippen LogP contribution in [0.25, 0.3) is 0 Å². The Balaban J connectivity index is 1.49. The van der Waals surface area contributed by atoms with Gasteiger partial charge in [0.25, 0.3) is 0 Å². The zero-order chi connectivity index (χ0) is 24.8. The molecule has 0 aromatic heterocycles. The average Bonchev–Trinajstić information content (AvgIpc) is 2.77. The predicted octanol–water partition coefficient (Wildman–Crippen LogP) is 5.47. The number of alkyl carbamates (subject to hydrolysis) is 2. The maximum atomic E-state index is 12.1. The second-order valence-electron chi connectivity index (χ2n) is 10.2. The Bertz CT molecular complexity index is 536. The van der Waals surface area contributed by atoms with Gasteiger partial charge in [0.2, 0.25) is 0 Å². The Morgan fingerprint density at radius 3 is 1.32 bits per heavy atom. The monoisotopic (exact) mass is 484 g/mol. The molecule has 2 amide bonds. The van der Waals surface area contributed by atoms with Gasteiger partial charge in [0.15, 0.2) is 0 Å². The third-order valence-electron chi connectivity index (χ3n) is 6.34. The molecule has 2 fully saturated rings. The first-order valence-corrected chi connectivity index (χ1v) is 13.5. The normalized spacial score (nSPS) is 25.2. The molecule has 0 saturated heterocycles. The number of carbonyl (C=O) groups excluding carboxylic acids is 2. The van der Waals surface area contributed by atoms with Crippen LogP contribution in [0.1, 0.15) is 105 Å². The molecule has 0 aromatic rings. The molecule has 8 heteroatoms. The molecule has 4 atom stereocenters. The molecule has 2 N–H and O–H groups in total. The van der Waals surface area contributed by atoms with Gasteiger partial charge >= 0.3 is 12.2 Å². The average molecular weight is 485 g/mol. The number of hydrogen-bond donors (Lipinski definition) is 2. The van der Waals surface area contributed by atoms with E-state index in [1.807, 2.05) is 27.7 Å². The quantitative estimate of drug-likeness (QED) is 0.337. The molecule has 2 saturated carbocycles. The summed E-state index contributed by atoms with van der Waals surface area (Å²) in [5.74, 6) is 0. The number of amides is 2. The van der Waals surface area contributed by atoms with Gasteiger partial charge in [-0.05, 0) is 79.1 Å². The lowest BCUT2D eigenvalue weighted by Crippen LogP contribution is -2.40. The van der Waals surface area contributed by atoms with Gasteiger partial charge in [-0.3, -0.25) is 0 Å². The number of rotatable bonds is 13. The van der Waals surface area contributed by atoms with Gasteiger partial charge in [0, 0.05) is 13.1 Å². The first-order valence-electron chi connectivity index (χ1n) is 13.5. The van der Waals surface area contributed by atoms with Crippen LogP contribution in [0, 0.1) is 0 Å². The second kappa shape index (κ2) is 16.2. The molecular weight excluding hydrogens is 436 g/mol. The van der Waals surface area contributed by atoms with E-state index < -0.39 is 0 Å². The molecule has 0 aromatic carbocycles. The van der Waals surface area contributed by atoms with Gasteiger partial charge < -0.3 is 29.6 Å². The summed E-state index contributed by atoms with van der Waals surface area (Å²) in [5, 5.41) is 5.72. The van der Waals surface area contributed by atoms with Crippen LogP contribution < -0.4 is 10.6 Å². The Hall–Kier alpha value is -1.54. The van der Waals surface area contributed by atoms with E-state index in [4.69, 9.17) is 18.9 Å². The standard InChI is InChI=1S/C26H48N2O6/c1-19(2)31-21-13-7-9-15-23(21)33-25(29)27-17-11-5-6-12-18-28-26(30)34-24-16-10-8-14-22(24)32-20(3)4/h19-24H,5-18H2,1-4H3,(H,27,29)(H,28,30)/t21-,22+,23-,24-/m1/s1. The molecule has 0 unspecified atom stereocenters. The van der Waals surface area contributed by atoms with E-state index in [0.717, 1.165) is 77.0 Å². The first kappa shape index (κ1) is 28.7. The van der Waals surface area contributed by atoms with E-state index in [1.165, 1.54) is 0 Å². The Morgan fingerprint density at radius 1 is 0.618 bits per heavy atom. The van der Waals surface area contributed by atoms with Crippen molar-refractivity contribution in [1.82, 2.24) is 10.6 Å². The lowest BCUT2D eigenvalue weighted by Gasteiger charge is -2.32. The minimum Gasteiger partial charge on any atom is -0.443 e. The van der Waals surface area contributed by atoms with Gasteiger partial charge in [0.1, 0.15) is 12.2 Å². The summed E-state index contributed by atoms with van der Waals surface area (Å²) >= 11 is 0. The van der Waals surface area contributed by atoms with E-state index >= 15 is 0 Å². The van der Waals surface area contributed by atoms with E-state index in [1.54, 1.807) is 0 Å². The molecule has 198 valence electrons. The topological polar surface area (TPSA) is 95.1 Å². The van der Waals surface area contributed by atoms with Crippen LogP contribution in [0.4, 0.5) is 9.59 Å². The molecular formula is C26H48N2O6. The summed E-state index contributed by atoms with van der Waals surface area (Å²) < 4.78 is 23.1. The fourth-order valence-corrected chi connectivity index (χ4v) is 4.75. The summed E-state index contributed by atoms with van der Waals surface area (Å²) in [6.45, 7) is 9.24. The Morgan fingerprint density at radius 2 is 0.971 bits per heavy atom. The lowest BCUT2D eigenvalue weighted by atomic mass is 9.94. The molecule has 2 rings (SSSR count). The second-order valence-corrected chi connectivity index (χ2v) is 10.2. The van der Waals surface area contributed by atoms with Crippen molar-refractivity contribution in [3.8, 4) is 0 Å². The van der Waals surface area contributed by atoms with Crippen molar-refractivity contribution in [1.29, 1.82) is 0 Å². The van der Waals surface area contributed by atoms with Crippen molar-refractivity contribution < 1.29 is 28.5 Å². The third kappa shape index (κ3) is 11.7. The molecule has 0 bridgehead atoms. The van der Waals surface area contributed by atoms with Crippen molar-refractivity contribution in [2.45, 2.75) is 141 Å². The Labute approximate surface area is 206 Å². The predicted molar refractivity (Wildman–Crippen MR) is 132 cm³/mol. The van der Waals surface area contributed by atoms with Crippen molar-refractivity contribution in [3.63, 3.8) is 0 Å². The zero-order valence-electron chi connectivity index (χ0n) is 21.8. The fraction of sp³-hybridized carbons (Fsp3) is 0.923. The van der Waals surface area contributed by atoms with E-state index in [-0.39, 0.29) is 48.8 Å². The summed E-state index contributed by atoms with van der Waals surface area (Å²) in [6, 6.07) is 0. The van der Waals surface area contributed by atoms with Crippen LogP contribution in [0.3, 0.4) is 0 Å². The summed E-state index contributed by atoms with van der Waals surface area (Å²) in [6.07, 6.45) is 11.0. The third-order valence-corrected chi connectivity index (χ3v) is 6.34. The minimum atomic E-state index is -0.351. The van der Waals surface area contributed by atoms with Gasteiger partial charge in [-0.25, -0.2) is 9.59 Å². The highest BCUT2D eigenvalue weighted by atomic mass is 16.6. The lowest BCUT2D eigenvalue weighted by molar-refractivity contribution is -0.0864. The summed E-state index contributed by atoms with van der Waals surface area (Å²) in [5.41, 5.74) is 0. The molecule has 2 aliphatic carbocycles. The number of carbonyl (C=O) groups is 2. The van der Waals surface area contributed by atoms with Crippen LogP contribution >= 0.6 is 0 Å². The number of ether oxygens (including phenoxy) is 4. The maximum Gasteiger partial charge on any atom is 0.407 e. The highest BCUT2D eigenvalue weighted by Gasteiger charge is 2.30. The minimum absolute atomic E-state index is 0.00502. The SMILES string of the molecule is CC(C)O[C@H]1CCCC[C@H]1OC(=O)NCCCCCCNC(=O)O[C@@H]1CCCC[C@H]1OC(C)C. The van der Waals surface area contributed by atoms with E-state index in [0.29, 0.717) is 13.1 Å². The smallest absolute Gasteiger partial charge is 0.407 e. The summed E-state index contributed by atoms with van der Waals surface area (Å²) in [4.78, 5) is 24.3. The molecule has 8 nitrogen and oxygen atoms in total. The van der Waals surface area contributed by atoms with Crippen LogP contribution in [-0.4, -0.2) is 61.9 Å². The first-order chi connectivity index (χ1) is 16.3. The van der Waals surface area contributed by atoms with Gasteiger partial charge in [-0.15, -0.1) is 0 Å². The van der Waals surface area contributed by atoms with Crippen LogP contribution in [-0.2, 0) is 18.9 Å². The highest BCUT2D eigenvalue weighted by molar-refractivity contribution is 5.67. The van der Waals surface area contributed by atoms with Crippen LogP contribution in [0.15, 0.2) is 0 Å². The molecule has 2 aliphatic rings. The van der Waals surface area contributed by atoms with Gasteiger partial charge in [0.05, 0.1) is 24.4 Å². The molecule has 34 heavy (non-hydrogen) atoms. The van der Waals surface area contributed by atoms with Crippen molar-refractivity contribution >= 4 is 12.2 Å². The van der Waals surface area contributed by atoms with E-state index in [9.17, 15) is 9.59 Å². The number of nitrogens with one attached hydrogen (secondary N) is 2. The van der Waals surface area contributed by atoms with Gasteiger partial charge in [-0.1, -0.05) is 25.7 Å². The molecule has 0 radical (unpaired) electrons. The fourth-order valence-electron chi connectivity index (χ4n) is 4.75. The van der Waals surface area contributed by atoms with Crippen LogP contribution in [0.5, 0.6) is 0 Å². The van der Waals surface area contributed by atoms with Crippen LogP contribution in [0.2, 0.25) is 0 Å². The van der Waals surface area contributed by atoms with E-state index in [2.05, 4.69) is 10.6 Å². The maximum absolute atomic E-state index is 12.1. The number of unbranched alkanes of at least 4 members (excludes halogenated alkanes) is 3. The van der Waals surface area contributed by atoms with Crippen molar-refractivity contribution in [2.75, 3.05) is 13.1 Å².